The highest BCUT2D eigenvalue weighted by atomic mass is 16.4. The Balaban J connectivity index is 1.59. The zero-order chi connectivity index (χ0) is 21.6. The first-order chi connectivity index (χ1) is 14.4. The summed E-state index contributed by atoms with van der Waals surface area (Å²) in [5.41, 5.74) is 5.61. The van der Waals surface area contributed by atoms with Gasteiger partial charge in [0.05, 0.1) is 6.42 Å². The van der Waals surface area contributed by atoms with Crippen LogP contribution in [0.3, 0.4) is 0 Å². The molecule has 1 aliphatic heterocycles. The van der Waals surface area contributed by atoms with Gasteiger partial charge in [-0.2, -0.15) is 0 Å². The van der Waals surface area contributed by atoms with Gasteiger partial charge in [-0.05, 0) is 55.9 Å². The lowest BCUT2D eigenvalue weighted by Gasteiger charge is -2.38. The maximum atomic E-state index is 13.1. The largest absolute Gasteiger partial charge is 0.481 e. The molecule has 3 rings (SSSR count). The molecule has 0 aromatic rings. The van der Waals surface area contributed by atoms with Crippen LogP contribution in [0.15, 0.2) is 0 Å². The van der Waals surface area contributed by atoms with Gasteiger partial charge >= 0.3 is 5.97 Å². The summed E-state index contributed by atoms with van der Waals surface area (Å²) < 4.78 is 0. The van der Waals surface area contributed by atoms with E-state index in [2.05, 4.69) is 5.32 Å². The van der Waals surface area contributed by atoms with E-state index in [4.69, 9.17) is 5.73 Å². The normalized spacial score (nSPS) is 25.6. The molecule has 0 radical (unpaired) electrons. The highest BCUT2D eigenvalue weighted by molar-refractivity contribution is 5.88. The van der Waals surface area contributed by atoms with Crippen LogP contribution in [-0.4, -0.2) is 53.5 Å². The summed E-state index contributed by atoms with van der Waals surface area (Å²) in [6.45, 7) is 1.54. The molecule has 30 heavy (non-hydrogen) atoms. The van der Waals surface area contributed by atoms with E-state index in [1.807, 2.05) is 0 Å². The zero-order valence-electron chi connectivity index (χ0n) is 18.3. The summed E-state index contributed by atoms with van der Waals surface area (Å²) >= 11 is 0. The minimum atomic E-state index is -0.802. The number of carbonyl (C=O) groups excluding carboxylic acids is 2. The molecule has 170 valence electrons. The van der Waals surface area contributed by atoms with Gasteiger partial charge in [0.2, 0.25) is 11.8 Å². The molecule has 2 amide bonds. The fraction of sp³-hybridized carbons (Fsp3) is 0.870. The third kappa shape index (κ3) is 5.54. The summed E-state index contributed by atoms with van der Waals surface area (Å²) in [7, 11) is 0. The van der Waals surface area contributed by atoms with E-state index in [1.54, 1.807) is 4.90 Å². The Morgan fingerprint density at radius 1 is 0.900 bits per heavy atom. The fourth-order valence-electron chi connectivity index (χ4n) is 5.95. The fourth-order valence-corrected chi connectivity index (χ4v) is 5.95. The Kier molecular flexibility index (Phi) is 7.77. The molecule has 0 aromatic carbocycles. The molecule has 0 spiro atoms. The summed E-state index contributed by atoms with van der Waals surface area (Å²) in [6, 6.07) is -0.429. The smallest absolute Gasteiger partial charge is 0.303 e. The molecule has 0 aromatic heterocycles. The molecule has 1 heterocycles. The Morgan fingerprint density at radius 3 is 2.07 bits per heavy atom. The first-order valence-electron chi connectivity index (χ1n) is 11.9. The lowest BCUT2D eigenvalue weighted by atomic mass is 9.71. The van der Waals surface area contributed by atoms with Crippen LogP contribution in [0.1, 0.15) is 89.9 Å². The number of nitrogens with zero attached hydrogens (tertiary/aromatic N) is 1. The van der Waals surface area contributed by atoms with Crippen LogP contribution >= 0.6 is 0 Å². The summed E-state index contributed by atoms with van der Waals surface area (Å²) in [5.74, 6) is -0.872. The number of nitrogens with one attached hydrogen (secondary N) is 1. The molecule has 3 fully saturated rings. The molecule has 2 saturated carbocycles. The first kappa shape index (κ1) is 23.0. The van der Waals surface area contributed by atoms with Crippen LogP contribution in [0, 0.1) is 10.8 Å². The van der Waals surface area contributed by atoms with Crippen LogP contribution in [0.25, 0.3) is 0 Å². The van der Waals surface area contributed by atoms with Crippen molar-refractivity contribution in [1.82, 2.24) is 10.2 Å². The standard InChI is InChI=1S/C23H39N3O4/c24-16-22(9-3-1-4-10-22)14-19(27)26-13-7-8-18(26)21(30)25-17-23(15-20(28)29)11-5-2-6-12-23/h18H,1-17,24H2,(H,25,30)(H,28,29). The second-order valence-electron chi connectivity index (χ2n) is 10.0. The van der Waals surface area contributed by atoms with E-state index in [0.717, 1.165) is 64.2 Å². The van der Waals surface area contributed by atoms with Crippen molar-refractivity contribution in [2.45, 2.75) is 95.9 Å². The number of amides is 2. The molecular formula is C23H39N3O4. The molecule has 1 saturated heterocycles. The van der Waals surface area contributed by atoms with Crippen LogP contribution in [0.5, 0.6) is 0 Å². The van der Waals surface area contributed by atoms with Gasteiger partial charge in [-0.15, -0.1) is 0 Å². The highest BCUT2D eigenvalue weighted by Crippen LogP contribution is 2.40. The molecular weight excluding hydrogens is 382 g/mol. The predicted molar refractivity (Wildman–Crippen MR) is 115 cm³/mol. The first-order valence-corrected chi connectivity index (χ1v) is 11.9. The maximum absolute atomic E-state index is 13.1. The Bertz CT molecular complexity index is 624. The van der Waals surface area contributed by atoms with Gasteiger partial charge in [-0.1, -0.05) is 38.5 Å². The molecule has 7 nitrogen and oxygen atoms in total. The molecule has 4 N–H and O–H groups in total. The summed E-state index contributed by atoms with van der Waals surface area (Å²) in [4.78, 5) is 39.3. The number of likely N-dealkylation sites (tertiary alicyclic amines) is 1. The topological polar surface area (TPSA) is 113 Å². The van der Waals surface area contributed by atoms with Gasteiger partial charge in [0.1, 0.15) is 6.04 Å². The van der Waals surface area contributed by atoms with Crippen LogP contribution in [0.4, 0.5) is 0 Å². The van der Waals surface area contributed by atoms with E-state index in [-0.39, 0.29) is 29.1 Å². The predicted octanol–water partition coefficient (Wildman–Crippen LogP) is 2.82. The molecule has 2 aliphatic carbocycles. The molecule has 1 unspecified atom stereocenters. The monoisotopic (exact) mass is 421 g/mol. The zero-order valence-corrected chi connectivity index (χ0v) is 18.3. The molecule has 3 aliphatic rings. The lowest BCUT2D eigenvalue weighted by Crippen LogP contribution is -2.50. The van der Waals surface area contributed by atoms with Crippen LogP contribution in [-0.2, 0) is 14.4 Å². The Hall–Kier alpha value is -1.63. The molecule has 7 heteroatoms. The lowest BCUT2D eigenvalue weighted by molar-refractivity contribution is -0.142. The van der Waals surface area contributed by atoms with Crippen molar-refractivity contribution in [2.75, 3.05) is 19.6 Å². The molecule has 0 bridgehead atoms. The summed E-state index contributed by atoms with van der Waals surface area (Å²) in [5, 5.41) is 12.4. The second kappa shape index (κ2) is 10.1. The van der Waals surface area contributed by atoms with E-state index in [1.165, 1.54) is 6.42 Å². The van der Waals surface area contributed by atoms with Gasteiger partial charge in [-0.3, -0.25) is 14.4 Å². The SMILES string of the molecule is NCC1(CC(=O)N2CCCC2C(=O)NCC2(CC(=O)O)CCCCC2)CCCCC1. The van der Waals surface area contributed by atoms with Crippen molar-refractivity contribution in [3.05, 3.63) is 0 Å². The summed E-state index contributed by atoms with van der Waals surface area (Å²) in [6.07, 6.45) is 12.3. The van der Waals surface area contributed by atoms with Gasteiger partial charge in [0.25, 0.3) is 0 Å². The number of hydrogen-bond donors (Lipinski definition) is 3. The number of nitrogens with two attached hydrogens (primary N) is 1. The highest BCUT2D eigenvalue weighted by Gasteiger charge is 2.40. The molecule has 1 atom stereocenters. The number of carboxylic acid groups (broad SMARTS) is 1. The Morgan fingerprint density at radius 2 is 1.50 bits per heavy atom. The number of hydrogen-bond acceptors (Lipinski definition) is 4. The van der Waals surface area contributed by atoms with Gasteiger partial charge in [0.15, 0.2) is 0 Å². The van der Waals surface area contributed by atoms with Crippen molar-refractivity contribution >= 4 is 17.8 Å². The van der Waals surface area contributed by atoms with E-state index in [0.29, 0.717) is 32.5 Å². The van der Waals surface area contributed by atoms with E-state index >= 15 is 0 Å². The van der Waals surface area contributed by atoms with Crippen LogP contribution < -0.4 is 11.1 Å². The number of carbonyl (C=O) groups is 3. The van der Waals surface area contributed by atoms with Crippen molar-refractivity contribution in [2.24, 2.45) is 16.6 Å². The maximum Gasteiger partial charge on any atom is 0.303 e. The van der Waals surface area contributed by atoms with Crippen molar-refractivity contribution in [3.63, 3.8) is 0 Å². The van der Waals surface area contributed by atoms with Crippen molar-refractivity contribution < 1.29 is 19.5 Å². The average Bonchev–Trinajstić information content (AvgIpc) is 3.23. The minimum absolute atomic E-state index is 0.0536. The van der Waals surface area contributed by atoms with Crippen molar-refractivity contribution in [3.8, 4) is 0 Å². The Labute approximate surface area is 180 Å². The van der Waals surface area contributed by atoms with Gasteiger partial charge in [-0.25, -0.2) is 0 Å². The second-order valence-corrected chi connectivity index (χ2v) is 10.0. The average molecular weight is 422 g/mol. The van der Waals surface area contributed by atoms with E-state index < -0.39 is 12.0 Å². The third-order valence-corrected chi connectivity index (χ3v) is 7.83. The quantitative estimate of drug-likeness (QED) is 0.558. The van der Waals surface area contributed by atoms with E-state index in [9.17, 15) is 19.5 Å². The number of carboxylic acids is 1. The number of rotatable bonds is 8. The third-order valence-electron chi connectivity index (χ3n) is 7.83. The van der Waals surface area contributed by atoms with Gasteiger partial charge < -0.3 is 21.1 Å². The number of aliphatic carboxylic acids is 1. The van der Waals surface area contributed by atoms with Gasteiger partial charge in [0, 0.05) is 19.5 Å². The van der Waals surface area contributed by atoms with Crippen molar-refractivity contribution in [1.29, 1.82) is 0 Å². The minimum Gasteiger partial charge on any atom is -0.481 e. The van der Waals surface area contributed by atoms with Crippen LogP contribution in [0.2, 0.25) is 0 Å².